The molecule has 0 aliphatic rings. The maximum atomic E-state index is 5.82. The minimum atomic E-state index is 0.159. The highest BCUT2D eigenvalue weighted by Gasteiger charge is 2.38. The predicted octanol–water partition coefficient (Wildman–Crippen LogP) is 2.15. The van der Waals surface area contributed by atoms with E-state index in [2.05, 4.69) is 38.0 Å². The first-order chi connectivity index (χ1) is 8.66. The van der Waals surface area contributed by atoms with Crippen LogP contribution in [0.5, 0.6) is 0 Å². The molecule has 0 saturated carbocycles. The van der Waals surface area contributed by atoms with Gasteiger partial charge in [0.1, 0.15) is 0 Å². The highest BCUT2D eigenvalue weighted by molar-refractivity contribution is 4.97. The van der Waals surface area contributed by atoms with Gasteiger partial charge in [0.15, 0.2) is 0 Å². The number of hydrogen-bond donors (Lipinski definition) is 2. The molecule has 110 valence electrons. The van der Waals surface area contributed by atoms with Crippen molar-refractivity contribution in [1.29, 1.82) is 0 Å². The summed E-state index contributed by atoms with van der Waals surface area (Å²) in [5.41, 5.74) is 3.21. The van der Waals surface area contributed by atoms with Crippen molar-refractivity contribution in [1.82, 2.24) is 10.3 Å². The second-order valence-electron chi connectivity index (χ2n) is 4.84. The molecule has 0 bridgehead atoms. The molecule has 0 spiro atoms. The normalized spacial score (nSPS) is 14.2. The fourth-order valence-corrected chi connectivity index (χ4v) is 3.20. The highest BCUT2D eigenvalue weighted by atomic mass is 16.5. The first-order valence-electron chi connectivity index (χ1n) is 7.36. The van der Waals surface area contributed by atoms with Crippen LogP contribution in [0, 0.1) is 0 Å². The molecule has 0 radical (unpaired) electrons. The number of likely N-dealkylation sites (N-methyl/N-ethyl adjacent to an activating group) is 1. The predicted molar refractivity (Wildman–Crippen MR) is 78.5 cm³/mol. The van der Waals surface area contributed by atoms with E-state index in [4.69, 9.17) is 10.6 Å². The van der Waals surface area contributed by atoms with Gasteiger partial charge in [-0.15, -0.1) is 0 Å². The van der Waals surface area contributed by atoms with Crippen molar-refractivity contribution >= 4 is 0 Å². The van der Waals surface area contributed by atoms with Gasteiger partial charge in [-0.2, -0.15) is 0 Å². The standard InChI is InChI=1S/C14H33N3O/c1-6-14(7-2,17(8-3)9-4)13(16-15)11-10-12-18-5/h13,16H,6-12,15H2,1-5H3. The minimum absolute atomic E-state index is 0.159. The van der Waals surface area contributed by atoms with Crippen LogP contribution in [0.3, 0.4) is 0 Å². The molecule has 18 heavy (non-hydrogen) atoms. The maximum absolute atomic E-state index is 5.82. The van der Waals surface area contributed by atoms with Gasteiger partial charge >= 0.3 is 0 Å². The van der Waals surface area contributed by atoms with E-state index >= 15 is 0 Å². The first-order valence-corrected chi connectivity index (χ1v) is 7.36. The van der Waals surface area contributed by atoms with Crippen molar-refractivity contribution < 1.29 is 4.74 Å². The van der Waals surface area contributed by atoms with Gasteiger partial charge in [-0.1, -0.05) is 27.7 Å². The van der Waals surface area contributed by atoms with Crippen molar-refractivity contribution in [2.75, 3.05) is 26.8 Å². The van der Waals surface area contributed by atoms with Crippen molar-refractivity contribution in [3.05, 3.63) is 0 Å². The molecule has 0 aliphatic carbocycles. The van der Waals surface area contributed by atoms with E-state index in [-0.39, 0.29) is 5.54 Å². The molecular weight excluding hydrogens is 226 g/mol. The summed E-state index contributed by atoms with van der Waals surface area (Å²) in [5.74, 6) is 5.82. The van der Waals surface area contributed by atoms with Crippen LogP contribution in [0.25, 0.3) is 0 Å². The smallest absolute Gasteiger partial charge is 0.0462 e. The van der Waals surface area contributed by atoms with Gasteiger partial charge in [-0.25, -0.2) is 0 Å². The van der Waals surface area contributed by atoms with E-state index in [1.54, 1.807) is 7.11 Å². The van der Waals surface area contributed by atoms with Crippen LogP contribution >= 0.6 is 0 Å². The lowest BCUT2D eigenvalue weighted by Crippen LogP contribution is -2.62. The lowest BCUT2D eigenvalue weighted by molar-refractivity contribution is 0.0424. The van der Waals surface area contributed by atoms with E-state index in [1.807, 2.05) is 0 Å². The number of hydrazine groups is 1. The van der Waals surface area contributed by atoms with Crippen LogP contribution in [0.4, 0.5) is 0 Å². The van der Waals surface area contributed by atoms with Crippen LogP contribution in [-0.2, 0) is 4.74 Å². The number of rotatable bonds is 11. The molecule has 0 aromatic heterocycles. The Morgan fingerprint density at radius 2 is 1.72 bits per heavy atom. The molecule has 1 atom stereocenters. The van der Waals surface area contributed by atoms with Crippen LogP contribution in [-0.4, -0.2) is 43.3 Å². The molecule has 1 unspecified atom stereocenters. The topological polar surface area (TPSA) is 50.5 Å². The Morgan fingerprint density at radius 3 is 2.06 bits per heavy atom. The molecule has 0 aromatic carbocycles. The maximum Gasteiger partial charge on any atom is 0.0462 e. The molecule has 4 nitrogen and oxygen atoms in total. The van der Waals surface area contributed by atoms with Crippen LogP contribution in [0.1, 0.15) is 53.4 Å². The summed E-state index contributed by atoms with van der Waals surface area (Å²) in [6.07, 6.45) is 4.34. The van der Waals surface area contributed by atoms with E-state index in [9.17, 15) is 0 Å². The van der Waals surface area contributed by atoms with Gasteiger partial charge in [-0.05, 0) is 38.8 Å². The third kappa shape index (κ3) is 4.19. The van der Waals surface area contributed by atoms with Gasteiger partial charge in [0.2, 0.25) is 0 Å². The van der Waals surface area contributed by atoms with Crippen molar-refractivity contribution in [2.24, 2.45) is 5.84 Å². The van der Waals surface area contributed by atoms with Gasteiger partial charge in [-0.3, -0.25) is 16.2 Å². The third-order valence-electron chi connectivity index (χ3n) is 4.31. The average molecular weight is 259 g/mol. The largest absolute Gasteiger partial charge is 0.385 e. The van der Waals surface area contributed by atoms with E-state index in [0.717, 1.165) is 45.4 Å². The second kappa shape index (κ2) is 9.73. The summed E-state index contributed by atoms with van der Waals surface area (Å²) >= 11 is 0. The summed E-state index contributed by atoms with van der Waals surface area (Å²) in [4.78, 5) is 2.55. The Morgan fingerprint density at radius 1 is 1.17 bits per heavy atom. The highest BCUT2D eigenvalue weighted by Crippen LogP contribution is 2.30. The SMILES string of the molecule is CCN(CC)C(CC)(CC)C(CCCOC)NN. The van der Waals surface area contributed by atoms with Crippen molar-refractivity contribution in [3.8, 4) is 0 Å². The number of nitrogens with two attached hydrogens (primary N) is 1. The number of nitrogens with zero attached hydrogens (tertiary/aromatic N) is 1. The zero-order valence-corrected chi connectivity index (χ0v) is 13.0. The molecular formula is C14H33N3O. The fourth-order valence-electron chi connectivity index (χ4n) is 3.20. The number of ether oxygens (including phenoxy) is 1. The number of methoxy groups -OCH3 is 1. The van der Waals surface area contributed by atoms with Crippen molar-refractivity contribution in [2.45, 2.75) is 65.0 Å². The summed E-state index contributed by atoms with van der Waals surface area (Å²) < 4.78 is 5.15. The molecule has 3 N–H and O–H groups in total. The van der Waals surface area contributed by atoms with Crippen LogP contribution < -0.4 is 11.3 Å². The first kappa shape index (κ1) is 17.8. The lowest BCUT2D eigenvalue weighted by atomic mass is 9.80. The molecule has 0 aliphatic heterocycles. The van der Waals surface area contributed by atoms with Gasteiger partial charge in [0, 0.05) is 25.3 Å². The number of nitrogens with one attached hydrogen (secondary N) is 1. The fraction of sp³-hybridized carbons (Fsp3) is 1.00. The van der Waals surface area contributed by atoms with E-state index in [1.165, 1.54) is 0 Å². The van der Waals surface area contributed by atoms with Crippen LogP contribution in [0.15, 0.2) is 0 Å². The summed E-state index contributed by atoms with van der Waals surface area (Å²) in [5, 5.41) is 0. The Bertz CT molecular complexity index is 191. The Hall–Kier alpha value is -0.160. The zero-order chi connectivity index (χ0) is 14.0. The summed E-state index contributed by atoms with van der Waals surface area (Å²) in [6, 6.07) is 0.322. The molecule has 0 aromatic rings. The molecule has 4 heteroatoms. The summed E-state index contributed by atoms with van der Waals surface area (Å²) in [6.45, 7) is 11.9. The molecule has 0 fully saturated rings. The van der Waals surface area contributed by atoms with Crippen LogP contribution in [0.2, 0.25) is 0 Å². The molecule has 0 rings (SSSR count). The monoisotopic (exact) mass is 259 g/mol. The Kier molecular flexibility index (Phi) is 9.64. The quantitative estimate of drug-likeness (QED) is 0.339. The molecule has 0 amide bonds. The van der Waals surface area contributed by atoms with Gasteiger partial charge in [0.25, 0.3) is 0 Å². The van der Waals surface area contributed by atoms with E-state index < -0.39 is 0 Å². The second-order valence-corrected chi connectivity index (χ2v) is 4.84. The average Bonchev–Trinajstić information content (AvgIpc) is 2.42. The lowest BCUT2D eigenvalue weighted by Gasteiger charge is -2.47. The minimum Gasteiger partial charge on any atom is -0.385 e. The third-order valence-corrected chi connectivity index (χ3v) is 4.31. The Balaban J connectivity index is 4.88. The summed E-state index contributed by atoms with van der Waals surface area (Å²) in [7, 11) is 1.75. The number of hydrogen-bond acceptors (Lipinski definition) is 4. The van der Waals surface area contributed by atoms with Gasteiger partial charge < -0.3 is 4.74 Å². The van der Waals surface area contributed by atoms with E-state index in [0.29, 0.717) is 6.04 Å². The zero-order valence-electron chi connectivity index (χ0n) is 13.0. The van der Waals surface area contributed by atoms with Crippen molar-refractivity contribution in [3.63, 3.8) is 0 Å². The van der Waals surface area contributed by atoms with Gasteiger partial charge in [0.05, 0.1) is 0 Å². The Labute approximate surface area is 113 Å². The molecule has 0 heterocycles. The molecule has 0 saturated heterocycles.